The topological polar surface area (TPSA) is 82.2 Å². The molecule has 3 aromatic heterocycles. The number of fused-ring (bicyclic) bond motifs is 1. The summed E-state index contributed by atoms with van der Waals surface area (Å²) < 4.78 is 52.4. The first-order valence-electron chi connectivity index (χ1n) is 8.47. The van der Waals surface area contributed by atoms with Crippen molar-refractivity contribution in [2.24, 2.45) is 7.05 Å². The largest absolute Gasteiger partial charge is 0.465 e. The van der Waals surface area contributed by atoms with E-state index in [0.717, 1.165) is 6.07 Å². The molecule has 10 heteroatoms. The van der Waals surface area contributed by atoms with Crippen LogP contribution in [0.5, 0.6) is 5.88 Å². The van der Waals surface area contributed by atoms with Gasteiger partial charge in [-0.15, -0.1) is 0 Å². The molecule has 3 heterocycles. The number of aryl methyl sites for hydroxylation is 3. The first-order valence-corrected chi connectivity index (χ1v) is 8.47. The van der Waals surface area contributed by atoms with Crippen molar-refractivity contribution in [1.29, 1.82) is 0 Å². The fourth-order valence-corrected chi connectivity index (χ4v) is 2.84. The third-order valence-corrected chi connectivity index (χ3v) is 4.15. The van der Waals surface area contributed by atoms with E-state index in [1.54, 1.807) is 19.1 Å². The van der Waals surface area contributed by atoms with Gasteiger partial charge < -0.3 is 14.5 Å². The third kappa shape index (κ3) is 3.95. The van der Waals surface area contributed by atoms with Crippen molar-refractivity contribution >= 4 is 16.9 Å². The zero-order valence-corrected chi connectivity index (χ0v) is 15.7. The maximum atomic E-state index is 13.5. The molecular formula is C18H19F3N4O3. The SMILES string of the molecule is Cc1ccc(CNC(=O)[C@H](C)Oc2cc(C(F)(F)F)c3c(C)nn(C)c3n2)o1. The average molecular weight is 396 g/mol. The van der Waals surface area contributed by atoms with Gasteiger partial charge in [-0.1, -0.05) is 0 Å². The predicted octanol–water partition coefficient (Wildman–Crippen LogP) is 3.28. The molecule has 3 rings (SSSR count). The third-order valence-electron chi connectivity index (χ3n) is 4.15. The van der Waals surface area contributed by atoms with Gasteiger partial charge in [0, 0.05) is 13.1 Å². The number of nitrogens with zero attached hydrogens (tertiary/aromatic N) is 3. The van der Waals surface area contributed by atoms with Gasteiger partial charge in [0.05, 0.1) is 23.2 Å². The van der Waals surface area contributed by atoms with Gasteiger partial charge in [0.1, 0.15) is 11.5 Å². The Balaban J connectivity index is 1.81. The Hall–Kier alpha value is -3.04. The van der Waals surface area contributed by atoms with Crippen LogP contribution in [-0.4, -0.2) is 26.8 Å². The Morgan fingerprint density at radius 3 is 2.68 bits per heavy atom. The molecule has 0 radical (unpaired) electrons. The van der Waals surface area contributed by atoms with Gasteiger partial charge in [0.2, 0.25) is 5.88 Å². The lowest BCUT2D eigenvalue weighted by molar-refractivity contribution is -0.136. The molecule has 0 spiro atoms. The Morgan fingerprint density at radius 1 is 1.36 bits per heavy atom. The number of carbonyl (C=O) groups is 1. The standard InChI is InChI=1S/C18H19F3N4O3/c1-9-5-6-12(27-9)8-22-17(26)11(3)28-14-7-13(18(19,20)21)15-10(2)24-25(4)16(15)23-14/h5-7,11H,8H2,1-4H3,(H,22,26)/t11-/m0/s1. The molecule has 0 aliphatic rings. The van der Waals surface area contributed by atoms with Crippen LogP contribution in [0, 0.1) is 13.8 Å². The van der Waals surface area contributed by atoms with Crippen LogP contribution in [0.3, 0.4) is 0 Å². The smallest absolute Gasteiger partial charge is 0.417 e. The molecule has 1 atom stereocenters. The number of halogens is 3. The van der Waals surface area contributed by atoms with Crippen LogP contribution in [0.2, 0.25) is 0 Å². The minimum Gasteiger partial charge on any atom is -0.465 e. The van der Waals surface area contributed by atoms with Crippen LogP contribution >= 0.6 is 0 Å². The van der Waals surface area contributed by atoms with Crippen LogP contribution in [0.4, 0.5) is 13.2 Å². The van der Waals surface area contributed by atoms with Crippen molar-refractivity contribution in [2.75, 3.05) is 0 Å². The van der Waals surface area contributed by atoms with Crippen molar-refractivity contribution in [3.05, 3.63) is 41.0 Å². The minimum atomic E-state index is -4.62. The first-order chi connectivity index (χ1) is 13.1. The summed E-state index contributed by atoms with van der Waals surface area (Å²) in [5.74, 6) is 0.449. The lowest BCUT2D eigenvalue weighted by atomic mass is 10.1. The second-order valence-electron chi connectivity index (χ2n) is 6.40. The number of amides is 1. The fraction of sp³-hybridized carbons (Fsp3) is 0.389. The second-order valence-corrected chi connectivity index (χ2v) is 6.40. The summed E-state index contributed by atoms with van der Waals surface area (Å²) in [7, 11) is 1.49. The number of hydrogen-bond donors (Lipinski definition) is 1. The van der Waals surface area contributed by atoms with E-state index in [1.165, 1.54) is 25.6 Å². The number of pyridine rings is 1. The van der Waals surface area contributed by atoms with Gasteiger partial charge in [-0.05, 0) is 32.9 Å². The maximum Gasteiger partial charge on any atom is 0.417 e. The number of rotatable bonds is 5. The van der Waals surface area contributed by atoms with Crippen molar-refractivity contribution in [1.82, 2.24) is 20.1 Å². The Kier molecular flexibility index (Phi) is 5.05. The van der Waals surface area contributed by atoms with E-state index < -0.39 is 23.8 Å². The first kappa shape index (κ1) is 19.7. The average Bonchev–Trinajstić information content (AvgIpc) is 3.14. The monoisotopic (exact) mass is 396 g/mol. The molecule has 1 N–H and O–H groups in total. The summed E-state index contributed by atoms with van der Waals surface area (Å²) in [4.78, 5) is 16.3. The summed E-state index contributed by atoms with van der Waals surface area (Å²) >= 11 is 0. The molecule has 150 valence electrons. The van der Waals surface area contributed by atoms with Crippen molar-refractivity contribution < 1.29 is 27.1 Å². The van der Waals surface area contributed by atoms with Crippen molar-refractivity contribution in [3.8, 4) is 5.88 Å². The zero-order valence-electron chi connectivity index (χ0n) is 15.7. The highest BCUT2D eigenvalue weighted by Gasteiger charge is 2.36. The number of nitrogens with one attached hydrogen (secondary N) is 1. The quantitative estimate of drug-likeness (QED) is 0.716. The molecule has 0 aromatic carbocycles. The summed E-state index contributed by atoms with van der Waals surface area (Å²) in [6.07, 6.45) is -5.67. The number of carbonyl (C=O) groups excluding carboxylic acids is 1. The summed E-state index contributed by atoms with van der Waals surface area (Å²) in [5.41, 5.74) is -0.666. The number of ether oxygens (including phenoxy) is 1. The summed E-state index contributed by atoms with van der Waals surface area (Å²) in [5, 5.41) is 6.51. The van der Waals surface area contributed by atoms with E-state index in [-0.39, 0.29) is 29.2 Å². The van der Waals surface area contributed by atoms with Crippen LogP contribution in [0.1, 0.15) is 29.7 Å². The van der Waals surface area contributed by atoms with Crippen LogP contribution < -0.4 is 10.1 Å². The van der Waals surface area contributed by atoms with Gasteiger partial charge >= 0.3 is 6.18 Å². The Labute approximate surface area is 158 Å². The van der Waals surface area contributed by atoms with E-state index in [2.05, 4.69) is 15.4 Å². The fourth-order valence-electron chi connectivity index (χ4n) is 2.84. The van der Waals surface area contributed by atoms with Gasteiger partial charge in [-0.25, -0.2) is 0 Å². The van der Waals surface area contributed by atoms with E-state index >= 15 is 0 Å². The normalized spacial score (nSPS) is 13.0. The molecule has 0 unspecified atom stereocenters. The summed E-state index contributed by atoms with van der Waals surface area (Å²) in [6.45, 7) is 4.82. The lowest BCUT2D eigenvalue weighted by Crippen LogP contribution is -2.36. The highest BCUT2D eigenvalue weighted by molar-refractivity contribution is 5.84. The Bertz CT molecular complexity index is 1020. The summed E-state index contributed by atoms with van der Waals surface area (Å²) in [6, 6.07) is 4.27. The molecule has 0 aliphatic heterocycles. The molecule has 3 aromatic rings. The van der Waals surface area contributed by atoms with Gasteiger partial charge in [0.15, 0.2) is 11.8 Å². The number of hydrogen-bond acceptors (Lipinski definition) is 5. The Morgan fingerprint density at radius 2 is 2.07 bits per heavy atom. The van der Waals surface area contributed by atoms with Gasteiger partial charge in [0.25, 0.3) is 5.91 Å². The molecular weight excluding hydrogens is 377 g/mol. The number of aromatic nitrogens is 3. The molecule has 1 amide bonds. The lowest BCUT2D eigenvalue weighted by Gasteiger charge is -2.16. The maximum absolute atomic E-state index is 13.5. The second kappa shape index (κ2) is 7.17. The molecule has 0 saturated heterocycles. The number of alkyl halides is 3. The minimum absolute atomic E-state index is 0.0287. The van der Waals surface area contributed by atoms with E-state index in [0.29, 0.717) is 11.5 Å². The van der Waals surface area contributed by atoms with E-state index in [9.17, 15) is 18.0 Å². The molecule has 0 bridgehead atoms. The van der Waals surface area contributed by atoms with Gasteiger partial charge in [-0.3, -0.25) is 9.48 Å². The molecule has 0 aliphatic carbocycles. The van der Waals surface area contributed by atoms with Crippen molar-refractivity contribution in [2.45, 2.75) is 39.6 Å². The van der Waals surface area contributed by atoms with Gasteiger partial charge in [-0.2, -0.15) is 23.3 Å². The van der Waals surface area contributed by atoms with Crippen molar-refractivity contribution in [3.63, 3.8) is 0 Å². The molecule has 28 heavy (non-hydrogen) atoms. The highest BCUT2D eigenvalue weighted by Crippen LogP contribution is 2.37. The van der Waals surface area contributed by atoms with E-state index in [4.69, 9.17) is 9.15 Å². The van der Waals surface area contributed by atoms with Crippen LogP contribution in [-0.2, 0) is 24.6 Å². The van der Waals surface area contributed by atoms with Crippen LogP contribution in [0.25, 0.3) is 11.0 Å². The number of furan rings is 1. The zero-order chi connectivity index (χ0) is 20.6. The molecule has 0 saturated carbocycles. The highest BCUT2D eigenvalue weighted by atomic mass is 19.4. The predicted molar refractivity (Wildman–Crippen MR) is 93.6 cm³/mol. The van der Waals surface area contributed by atoms with E-state index in [1.807, 2.05) is 0 Å². The molecule has 7 nitrogen and oxygen atoms in total. The van der Waals surface area contributed by atoms with Crippen LogP contribution in [0.15, 0.2) is 22.6 Å². The molecule has 0 fully saturated rings.